The Balaban J connectivity index is 1.92. The number of imidazole rings is 1. The molecule has 2 rings (SSSR count). The van der Waals surface area contributed by atoms with Gasteiger partial charge in [-0.3, -0.25) is 4.90 Å². The van der Waals surface area contributed by atoms with Crippen LogP contribution in [0.15, 0.2) is 12.5 Å². The lowest BCUT2D eigenvalue weighted by Crippen LogP contribution is -2.45. The highest BCUT2D eigenvalue weighted by Gasteiger charge is 2.20. The summed E-state index contributed by atoms with van der Waals surface area (Å²) in [4.78, 5) is 9.84. The van der Waals surface area contributed by atoms with E-state index in [2.05, 4.69) is 27.1 Å². The summed E-state index contributed by atoms with van der Waals surface area (Å²) in [5.74, 6) is 0. The maximum atomic E-state index is 4.08. The van der Waals surface area contributed by atoms with Crippen molar-refractivity contribution in [3.8, 4) is 0 Å². The maximum absolute atomic E-state index is 4.08. The second-order valence-electron chi connectivity index (χ2n) is 4.55. The summed E-state index contributed by atoms with van der Waals surface area (Å²) in [6.07, 6.45) is 7.52. The highest BCUT2D eigenvalue weighted by Crippen LogP contribution is 2.13. The van der Waals surface area contributed by atoms with Crippen molar-refractivity contribution in [2.24, 2.45) is 0 Å². The molecule has 1 fully saturated rings. The molecule has 0 saturated carbocycles. The van der Waals surface area contributed by atoms with Gasteiger partial charge in [0.1, 0.15) is 0 Å². The molecular weight excluding hydrogens is 200 g/mol. The average Bonchev–Trinajstić information content (AvgIpc) is 2.83. The average molecular weight is 222 g/mol. The van der Waals surface area contributed by atoms with Crippen LogP contribution in [-0.4, -0.2) is 40.5 Å². The monoisotopic (exact) mass is 222 g/mol. The molecule has 0 aliphatic carbocycles. The van der Waals surface area contributed by atoms with Crippen LogP contribution in [0.3, 0.4) is 0 Å². The lowest BCUT2D eigenvalue weighted by molar-refractivity contribution is 0.156. The van der Waals surface area contributed by atoms with E-state index in [1.807, 2.05) is 6.20 Å². The van der Waals surface area contributed by atoms with Gasteiger partial charge in [0.15, 0.2) is 0 Å². The first-order valence-electron chi connectivity index (χ1n) is 6.32. The highest BCUT2D eigenvalue weighted by molar-refractivity contribution is 4.95. The summed E-state index contributed by atoms with van der Waals surface area (Å²) in [5, 5.41) is 3.49. The van der Waals surface area contributed by atoms with Gasteiger partial charge < -0.3 is 10.3 Å². The third-order valence-corrected chi connectivity index (χ3v) is 3.23. The molecule has 1 atom stereocenters. The van der Waals surface area contributed by atoms with E-state index in [4.69, 9.17) is 0 Å². The summed E-state index contributed by atoms with van der Waals surface area (Å²) in [7, 11) is 0. The van der Waals surface area contributed by atoms with Gasteiger partial charge in [-0.1, -0.05) is 6.92 Å². The number of H-pyrrole nitrogens is 1. The van der Waals surface area contributed by atoms with Crippen LogP contribution >= 0.6 is 0 Å². The lowest BCUT2D eigenvalue weighted by Gasteiger charge is -2.34. The smallest absolute Gasteiger partial charge is 0.0922 e. The lowest BCUT2D eigenvalue weighted by atomic mass is 10.1. The second kappa shape index (κ2) is 6.01. The fourth-order valence-corrected chi connectivity index (χ4v) is 2.41. The van der Waals surface area contributed by atoms with Crippen molar-refractivity contribution >= 4 is 0 Å². The number of piperidine rings is 1. The largest absolute Gasteiger partial charge is 0.347 e. The van der Waals surface area contributed by atoms with E-state index in [1.165, 1.54) is 38.0 Å². The third kappa shape index (κ3) is 3.06. The first-order valence-corrected chi connectivity index (χ1v) is 6.32. The molecule has 1 unspecified atom stereocenters. The zero-order chi connectivity index (χ0) is 11.2. The van der Waals surface area contributed by atoms with Crippen LogP contribution in [0.5, 0.6) is 0 Å². The van der Waals surface area contributed by atoms with Crippen LogP contribution in [0.1, 0.15) is 31.9 Å². The Hall–Kier alpha value is -0.870. The Kier molecular flexibility index (Phi) is 4.36. The molecule has 0 radical (unpaired) electrons. The van der Waals surface area contributed by atoms with E-state index < -0.39 is 0 Å². The molecule has 2 heterocycles. The van der Waals surface area contributed by atoms with Crippen LogP contribution in [0.2, 0.25) is 0 Å². The fraction of sp³-hybridized carbons (Fsp3) is 0.750. The number of aromatic nitrogens is 2. The second-order valence-corrected chi connectivity index (χ2v) is 4.55. The van der Waals surface area contributed by atoms with E-state index in [9.17, 15) is 0 Å². The fourth-order valence-electron chi connectivity index (χ4n) is 2.41. The summed E-state index contributed by atoms with van der Waals surface area (Å²) < 4.78 is 0. The number of rotatable bonds is 5. The van der Waals surface area contributed by atoms with E-state index in [-0.39, 0.29) is 0 Å². The molecule has 1 aromatic rings. The van der Waals surface area contributed by atoms with Crippen molar-refractivity contribution in [3.63, 3.8) is 0 Å². The molecule has 4 nitrogen and oxygen atoms in total. The molecule has 0 aromatic carbocycles. The normalized spacial score (nSPS) is 21.5. The van der Waals surface area contributed by atoms with E-state index in [0.717, 1.165) is 13.1 Å². The number of nitrogens with zero attached hydrogens (tertiary/aromatic N) is 2. The Morgan fingerprint density at radius 1 is 1.56 bits per heavy atom. The molecule has 0 amide bonds. The van der Waals surface area contributed by atoms with Gasteiger partial charge in [0.05, 0.1) is 6.33 Å². The van der Waals surface area contributed by atoms with E-state index in [1.54, 1.807) is 6.33 Å². The molecule has 1 saturated heterocycles. The van der Waals surface area contributed by atoms with Crippen LogP contribution < -0.4 is 5.32 Å². The number of nitrogens with one attached hydrogen (secondary N) is 2. The maximum Gasteiger partial charge on any atom is 0.0922 e. The molecule has 16 heavy (non-hydrogen) atoms. The predicted octanol–water partition coefficient (Wildman–Crippen LogP) is 1.37. The minimum Gasteiger partial charge on any atom is -0.347 e. The summed E-state index contributed by atoms with van der Waals surface area (Å²) in [5.41, 5.74) is 1.22. The van der Waals surface area contributed by atoms with E-state index in [0.29, 0.717) is 6.04 Å². The summed E-state index contributed by atoms with van der Waals surface area (Å²) in [6, 6.07) is 0.692. The molecule has 90 valence electrons. The molecule has 1 aromatic heterocycles. The van der Waals surface area contributed by atoms with E-state index >= 15 is 0 Å². The summed E-state index contributed by atoms with van der Waals surface area (Å²) >= 11 is 0. The van der Waals surface area contributed by atoms with Gasteiger partial charge >= 0.3 is 0 Å². The van der Waals surface area contributed by atoms with Gasteiger partial charge in [0, 0.05) is 31.0 Å². The first-order chi connectivity index (χ1) is 7.90. The van der Waals surface area contributed by atoms with Gasteiger partial charge in [-0.25, -0.2) is 4.98 Å². The number of hydrogen-bond donors (Lipinski definition) is 2. The Bertz CT molecular complexity index is 277. The van der Waals surface area contributed by atoms with Crippen LogP contribution in [0.25, 0.3) is 0 Å². The molecule has 1 aliphatic heterocycles. The van der Waals surface area contributed by atoms with Gasteiger partial charge in [-0.05, 0) is 32.4 Å². The van der Waals surface area contributed by atoms with Gasteiger partial charge in [0.2, 0.25) is 0 Å². The molecule has 0 bridgehead atoms. The third-order valence-electron chi connectivity index (χ3n) is 3.23. The van der Waals surface area contributed by atoms with Crippen LogP contribution in [0.4, 0.5) is 0 Å². The minimum atomic E-state index is 0.692. The highest BCUT2D eigenvalue weighted by atomic mass is 15.2. The molecule has 1 aliphatic rings. The van der Waals surface area contributed by atoms with Gasteiger partial charge in [0.25, 0.3) is 0 Å². The quantitative estimate of drug-likeness (QED) is 0.791. The first kappa shape index (κ1) is 11.6. The number of aromatic amines is 1. The van der Waals surface area contributed by atoms with Crippen molar-refractivity contribution < 1.29 is 0 Å². The molecule has 4 heteroatoms. The van der Waals surface area contributed by atoms with Crippen molar-refractivity contribution in [1.82, 2.24) is 20.2 Å². The number of hydrogen-bond acceptors (Lipinski definition) is 3. The topological polar surface area (TPSA) is 44.0 Å². The van der Waals surface area contributed by atoms with Crippen LogP contribution in [0, 0.1) is 0 Å². The SMILES string of the molecule is CCCN(Cc1cnc[nH]1)C1CCCNC1. The molecule has 2 N–H and O–H groups in total. The standard InChI is InChI=1S/C12H22N4/c1-2-6-16(9-11-7-14-10-15-11)12-4-3-5-13-8-12/h7,10,12-13H,2-6,8-9H2,1H3,(H,14,15). The van der Waals surface area contributed by atoms with Crippen LogP contribution in [-0.2, 0) is 6.54 Å². The molecule has 0 spiro atoms. The van der Waals surface area contributed by atoms with Crippen molar-refractivity contribution in [3.05, 3.63) is 18.2 Å². The Morgan fingerprint density at radius 2 is 2.50 bits per heavy atom. The Labute approximate surface area is 97.4 Å². The predicted molar refractivity (Wildman–Crippen MR) is 65.2 cm³/mol. The van der Waals surface area contributed by atoms with Gasteiger partial charge in [-0.2, -0.15) is 0 Å². The molecular formula is C12H22N4. The van der Waals surface area contributed by atoms with Crippen molar-refractivity contribution in [2.45, 2.75) is 38.8 Å². The van der Waals surface area contributed by atoms with Crippen molar-refractivity contribution in [1.29, 1.82) is 0 Å². The zero-order valence-electron chi connectivity index (χ0n) is 10.1. The Morgan fingerprint density at radius 3 is 3.12 bits per heavy atom. The van der Waals surface area contributed by atoms with Crippen molar-refractivity contribution in [2.75, 3.05) is 19.6 Å². The zero-order valence-corrected chi connectivity index (χ0v) is 10.1. The van der Waals surface area contributed by atoms with Gasteiger partial charge in [-0.15, -0.1) is 0 Å². The summed E-state index contributed by atoms with van der Waals surface area (Å²) in [6.45, 7) is 6.73. The minimum absolute atomic E-state index is 0.692.